The lowest BCUT2D eigenvalue weighted by Crippen LogP contribution is -2.51. The molecule has 0 bridgehead atoms. The molecule has 0 aliphatic carbocycles. The van der Waals surface area contributed by atoms with Crippen LogP contribution in [0, 0.1) is 0 Å². The molecule has 1 aliphatic heterocycles. The summed E-state index contributed by atoms with van der Waals surface area (Å²) < 4.78 is 25.4. The SMILES string of the molecule is CCS(=O)(=O)NC1CCN(C(=O)C(N)CC(=O)O)CC1. The fraction of sp³-hybridized carbons (Fsp3) is 0.818. The summed E-state index contributed by atoms with van der Waals surface area (Å²) >= 11 is 0. The fourth-order valence-electron chi connectivity index (χ4n) is 2.06. The lowest BCUT2D eigenvalue weighted by Gasteiger charge is -2.33. The molecule has 4 N–H and O–H groups in total. The van der Waals surface area contributed by atoms with E-state index < -0.39 is 34.4 Å². The number of rotatable bonds is 6. The van der Waals surface area contributed by atoms with E-state index in [2.05, 4.69) is 4.72 Å². The Morgan fingerprint density at radius 3 is 2.40 bits per heavy atom. The first-order valence-electron chi connectivity index (χ1n) is 6.51. The van der Waals surface area contributed by atoms with E-state index in [4.69, 9.17) is 10.8 Å². The molecule has 0 saturated carbocycles. The van der Waals surface area contributed by atoms with E-state index in [0.29, 0.717) is 25.9 Å². The summed E-state index contributed by atoms with van der Waals surface area (Å²) in [5.41, 5.74) is 5.52. The summed E-state index contributed by atoms with van der Waals surface area (Å²) in [6, 6.07) is -1.23. The van der Waals surface area contributed by atoms with Crippen LogP contribution < -0.4 is 10.5 Å². The molecule has 0 aromatic heterocycles. The minimum Gasteiger partial charge on any atom is -0.481 e. The summed E-state index contributed by atoms with van der Waals surface area (Å²) in [6.45, 7) is 2.32. The number of carbonyl (C=O) groups is 2. The lowest BCUT2D eigenvalue weighted by molar-refractivity contribution is -0.142. The molecule has 1 saturated heterocycles. The van der Waals surface area contributed by atoms with Crippen LogP contribution in [0.25, 0.3) is 0 Å². The highest BCUT2D eigenvalue weighted by Gasteiger charge is 2.28. The number of carboxylic acid groups (broad SMARTS) is 1. The van der Waals surface area contributed by atoms with E-state index >= 15 is 0 Å². The molecule has 8 nitrogen and oxygen atoms in total. The van der Waals surface area contributed by atoms with Gasteiger partial charge in [0.05, 0.1) is 18.2 Å². The third kappa shape index (κ3) is 5.06. The van der Waals surface area contributed by atoms with Gasteiger partial charge < -0.3 is 15.7 Å². The topological polar surface area (TPSA) is 130 Å². The molecule has 116 valence electrons. The fourth-order valence-corrected chi connectivity index (χ4v) is 2.98. The zero-order valence-electron chi connectivity index (χ0n) is 11.4. The Kier molecular flexibility index (Phi) is 5.90. The highest BCUT2D eigenvalue weighted by atomic mass is 32.2. The summed E-state index contributed by atoms with van der Waals surface area (Å²) in [4.78, 5) is 23.9. The Balaban J connectivity index is 2.46. The van der Waals surface area contributed by atoms with Gasteiger partial charge in [-0.2, -0.15) is 0 Å². The number of likely N-dealkylation sites (tertiary alicyclic amines) is 1. The van der Waals surface area contributed by atoms with Crippen LogP contribution in [0.2, 0.25) is 0 Å². The van der Waals surface area contributed by atoms with Crippen LogP contribution >= 0.6 is 0 Å². The van der Waals surface area contributed by atoms with Crippen molar-refractivity contribution in [3.8, 4) is 0 Å². The van der Waals surface area contributed by atoms with Crippen molar-refractivity contribution in [2.24, 2.45) is 5.73 Å². The normalized spacial score (nSPS) is 18.8. The standard InChI is InChI=1S/C11H21N3O5S/c1-2-20(18,19)13-8-3-5-14(6-4-8)11(17)9(12)7-10(15)16/h8-9,13H,2-7,12H2,1H3,(H,15,16). The molecule has 1 heterocycles. The van der Waals surface area contributed by atoms with Gasteiger partial charge in [0.15, 0.2) is 0 Å². The van der Waals surface area contributed by atoms with Crippen molar-refractivity contribution in [1.82, 2.24) is 9.62 Å². The quantitative estimate of drug-likeness (QED) is 0.560. The molecular formula is C11H21N3O5S. The molecule has 1 amide bonds. The number of nitrogens with one attached hydrogen (secondary N) is 1. The van der Waals surface area contributed by atoms with E-state index in [1.807, 2.05) is 0 Å². The van der Waals surface area contributed by atoms with E-state index in [1.54, 1.807) is 6.92 Å². The maximum absolute atomic E-state index is 11.9. The average molecular weight is 307 g/mol. The first-order chi connectivity index (χ1) is 9.25. The Labute approximate surface area is 118 Å². The first kappa shape index (κ1) is 16.9. The molecule has 1 aliphatic rings. The molecule has 20 heavy (non-hydrogen) atoms. The second-order valence-corrected chi connectivity index (χ2v) is 6.87. The Morgan fingerprint density at radius 2 is 1.95 bits per heavy atom. The van der Waals surface area contributed by atoms with E-state index in [1.165, 1.54) is 4.90 Å². The average Bonchev–Trinajstić information content (AvgIpc) is 2.37. The summed E-state index contributed by atoms with van der Waals surface area (Å²) in [5, 5.41) is 8.60. The van der Waals surface area contributed by atoms with Gasteiger partial charge >= 0.3 is 5.97 Å². The second-order valence-electron chi connectivity index (χ2n) is 4.83. The van der Waals surface area contributed by atoms with Gasteiger partial charge in [0.2, 0.25) is 15.9 Å². The molecule has 1 rings (SSSR count). The highest BCUT2D eigenvalue weighted by molar-refractivity contribution is 7.89. The number of carboxylic acids is 1. The van der Waals surface area contributed by atoms with E-state index in [-0.39, 0.29) is 11.8 Å². The number of nitrogens with two attached hydrogens (primary N) is 1. The number of hydrogen-bond donors (Lipinski definition) is 3. The Bertz CT molecular complexity index is 457. The molecular weight excluding hydrogens is 286 g/mol. The van der Waals surface area contributed by atoms with Crippen LogP contribution in [-0.2, 0) is 19.6 Å². The number of amides is 1. The van der Waals surface area contributed by atoms with Gasteiger partial charge in [-0.1, -0.05) is 0 Å². The van der Waals surface area contributed by atoms with Crippen molar-refractivity contribution in [3.05, 3.63) is 0 Å². The number of carbonyl (C=O) groups excluding carboxylic acids is 1. The van der Waals surface area contributed by atoms with Crippen LogP contribution in [0.15, 0.2) is 0 Å². The lowest BCUT2D eigenvalue weighted by atomic mass is 10.0. The first-order valence-corrected chi connectivity index (χ1v) is 8.16. The van der Waals surface area contributed by atoms with Crippen LogP contribution in [0.4, 0.5) is 0 Å². The number of aliphatic carboxylic acids is 1. The zero-order chi connectivity index (χ0) is 15.3. The van der Waals surface area contributed by atoms with Crippen LogP contribution in [-0.4, -0.2) is 61.2 Å². The molecule has 9 heteroatoms. The predicted octanol–water partition coefficient (Wildman–Crippen LogP) is -1.28. The monoisotopic (exact) mass is 307 g/mol. The van der Waals surface area contributed by atoms with Crippen molar-refractivity contribution in [2.75, 3.05) is 18.8 Å². The van der Waals surface area contributed by atoms with Crippen LogP contribution in [0.1, 0.15) is 26.2 Å². The van der Waals surface area contributed by atoms with Crippen molar-refractivity contribution in [2.45, 2.75) is 38.3 Å². The van der Waals surface area contributed by atoms with Crippen molar-refractivity contribution >= 4 is 21.9 Å². The molecule has 0 radical (unpaired) electrons. The molecule has 0 spiro atoms. The largest absolute Gasteiger partial charge is 0.481 e. The summed E-state index contributed by atoms with van der Waals surface area (Å²) in [7, 11) is -3.24. The van der Waals surface area contributed by atoms with E-state index in [0.717, 1.165) is 0 Å². The summed E-state index contributed by atoms with van der Waals surface area (Å²) in [5.74, 6) is -1.49. The number of nitrogens with zero attached hydrogens (tertiary/aromatic N) is 1. The van der Waals surface area contributed by atoms with Gasteiger partial charge in [-0.25, -0.2) is 13.1 Å². The molecule has 1 atom stereocenters. The minimum atomic E-state index is -3.24. The second kappa shape index (κ2) is 7.00. The van der Waals surface area contributed by atoms with Gasteiger partial charge in [0.1, 0.15) is 0 Å². The molecule has 1 fully saturated rings. The summed E-state index contributed by atoms with van der Waals surface area (Å²) in [6.07, 6.45) is 0.608. The van der Waals surface area contributed by atoms with Gasteiger partial charge in [-0.05, 0) is 19.8 Å². The number of sulfonamides is 1. The Morgan fingerprint density at radius 1 is 1.40 bits per heavy atom. The van der Waals surface area contributed by atoms with Gasteiger partial charge in [-0.3, -0.25) is 9.59 Å². The zero-order valence-corrected chi connectivity index (χ0v) is 12.2. The molecule has 1 unspecified atom stereocenters. The van der Waals surface area contributed by atoms with Crippen molar-refractivity contribution < 1.29 is 23.1 Å². The maximum Gasteiger partial charge on any atom is 0.305 e. The number of piperidine rings is 1. The van der Waals surface area contributed by atoms with Crippen LogP contribution in [0.3, 0.4) is 0 Å². The van der Waals surface area contributed by atoms with Gasteiger partial charge in [-0.15, -0.1) is 0 Å². The van der Waals surface area contributed by atoms with Crippen molar-refractivity contribution in [1.29, 1.82) is 0 Å². The van der Waals surface area contributed by atoms with Crippen LogP contribution in [0.5, 0.6) is 0 Å². The van der Waals surface area contributed by atoms with Gasteiger partial charge in [0, 0.05) is 19.1 Å². The third-order valence-electron chi connectivity index (χ3n) is 3.24. The molecule has 0 aromatic rings. The highest BCUT2D eigenvalue weighted by Crippen LogP contribution is 2.13. The number of hydrogen-bond acceptors (Lipinski definition) is 5. The molecule has 0 aromatic carbocycles. The van der Waals surface area contributed by atoms with E-state index in [9.17, 15) is 18.0 Å². The minimum absolute atomic E-state index is 0.0234. The Hall–Kier alpha value is -1.19. The predicted molar refractivity (Wildman–Crippen MR) is 72.4 cm³/mol. The maximum atomic E-state index is 11.9. The van der Waals surface area contributed by atoms with Gasteiger partial charge in [0.25, 0.3) is 0 Å². The van der Waals surface area contributed by atoms with Crippen molar-refractivity contribution in [3.63, 3.8) is 0 Å². The smallest absolute Gasteiger partial charge is 0.305 e. The third-order valence-corrected chi connectivity index (χ3v) is 4.70.